The Hall–Kier alpha value is -1.71. The smallest absolute Gasteiger partial charge is 0.333 e. The number of hydrazine groups is 1. The van der Waals surface area contributed by atoms with Gasteiger partial charge in [-0.1, -0.05) is 6.07 Å². The van der Waals surface area contributed by atoms with Crippen LogP contribution in [0.15, 0.2) is 18.2 Å². The quantitative estimate of drug-likeness (QED) is 0.726. The average molecular weight is 205 g/mol. The molecule has 1 aromatic rings. The van der Waals surface area contributed by atoms with E-state index in [9.17, 15) is 4.79 Å². The number of nitrogens with zero attached hydrogens (tertiary/aromatic N) is 1. The average Bonchev–Trinajstić information content (AvgIpc) is 2.16. The summed E-state index contributed by atoms with van der Waals surface area (Å²) in [5, 5.41) is 4.59. The van der Waals surface area contributed by atoms with E-state index in [2.05, 4.69) is 42.8 Å². The van der Waals surface area contributed by atoms with Crippen LogP contribution in [-0.2, 0) is 0 Å². The molecule has 1 aromatic carbocycles. The molecule has 0 radical (unpaired) electrons. The summed E-state index contributed by atoms with van der Waals surface area (Å²) in [5.41, 5.74) is 6.23. The van der Waals surface area contributed by atoms with E-state index in [1.165, 1.54) is 11.1 Å². The predicted octanol–water partition coefficient (Wildman–Crippen LogP) is 1.34. The number of anilines is 1. The SMILES string of the molecule is Cc1cc(C)cc(N2CCNC(=O)N2)c1. The van der Waals surface area contributed by atoms with Crippen molar-refractivity contribution in [3.05, 3.63) is 29.3 Å². The van der Waals surface area contributed by atoms with E-state index in [1.807, 2.05) is 5.01 Å². The first kappa shape index (κ1) is 9.83. The molecule has 2 amide bonds. The van der Waals surface area contributed by atoms with Crippen molar-refractivity contribution in [3.63, 3.8) is 0 Å². The summed E-state index contributed by atoms with van der Waals surface area (Å²) < 4.78 is 0. The summed E-state index contributed by atoms with van der Waals surface area (Å²) in [7, 11) is 0. The number of aryl methyl sites for hydroxylation is 2. The van der Waals surface area contributed by atoms with Crippen molar-refractivity contribution in [3.8, 4) is 0 Å². The number of hydrogen-bond acceptors (Lipinski definition) is 2. The first-order valence-corrected chi connectivity index (χ1v) is 5.05. The summed E-state index contributed by atoms with van der Waals surface area (Å²) in [6, 6.07) is 6.12. The van der Waals surface area contributed by atoms with Crippen molar-refractivity contribution in [1.82, 2.24) is 10.7 Å². The molecule has 80 valence electrons. The molecular weight excluding hydrogens is 190 g/mol. The maximum absolute atomic E-state index is 11.2. The van der Waals surface area contributed by atoms with E-state index in [0.717, 1.165) is 12.2 Å². The minimum atomic E-state index is -0.139. The Balaban J connectivity index is 2.24. The van der Waals surface area contributed by atoms with Crippen LogP contribution in [0.5, 0.6) is 0 Å². The van der Waals surface area contributed by atoms with Crippen LogP contribution in [0.25, 0.3) is 0 Å². The van der Waals surface area contributed by atoms with Crippen LogP contribution in [0, 0.1) is 13.8 Å². The topological polar surface area (TPSA) is 44.4 Å². The minimum absolute atomic E-state index is 0.139. The Bertz CT molecular complexity index is 369. The number of hydrogen-bond donors (Lipinski definition) is 2. The molecule has 2 N–H and O–H groups in total. The highest BCUT2D eigenvalue weighted by Gasteiger charge is 2.15. The number of amides is 2. The molecule has 0 aliphatic carbocycles. The van der Waals surface area contributed by atoms with Crippen LogP contribution in [0.4, 0.5) is 10.5 Å². The van der Waals surface area contributed by atoms with Gasteiger partial charge in [0, 0.05) is 6.54 Å². The summed E-state index contributed by atoms with van der Waals surface area (Å²) in [4.78, 5) is 11.2. The Kier molecular flexibility index (Phi) is 2.49. The number of rotatable bonds is 1. The fourth-order valence-electron chi connectivity index (χ4n) is 1.80. The van der Waals surface area contributed by atoms with Crippen molar-refractivity contribution in [1.29, 1.82) is 0 Å². The first-order valence-electron chi connectivity index (χ1n) is 5.05. The zero-order valence-electron chi connectivity index (χ0n) is 9.00. The Morgan fingerprint density at radius 3 is 2.47 bits per heavy atom. The number of nitrogens with one attached hydrogen (secondary N) is 2. The van der Waals surface area contributed by atoms with Gasteiger partial charge in [-0.2, -0.15) is 0 Å². The highest BCUT2D eigenvalue weighted by Crippen LogP contribution is 2.17. The Morgan fingerprint density at radius 2 is 1.87 bits per heavy atom. The summed E-state index contributed by atoms with van der Waals surface area (Å²) >= 11 is 0. The van der Waals surface area contributed by atoms with Crippen LogP contribution in [0.3, 0.4) is 0 Å². The van der Waals surface area contributed by atoms with E-state index >= 15 is 0 Å². The van der Waals surface area contributed by atoms with Gasteiger partial charge in [-0.15, -0.1) is 0 Å². The van der Waals surface area contributed by atoms with Crippen LogP contribution in [0.1, 0.15) is 11.1 Å². The fourth-order valence-corrected chi connectivity index (χ4v) is 1.80. The summed E-state index contributed by atoms with van der Waals surface area (Å²) in [6.45, 7) is 5.58. The second-order valence-electron chi connectivity index (χ2n) is 3.87. The van der Waals surface area contributed by atoms with Crippen LogP contribution in [-0.4, -0.2) is 19.1 Å². The summed E-state index contributed by atoms with van der Waals surface area (Å²) in [5.74, 6) is 0. The second-order valence-corrected chi connectivity index (χ2v) is 3.87. The van der Waals surface area contributed by atoms with Crippen LogP contribution in [0.2, 0.25) is 0 Å². The molecule has 0 aromatic heterocycles. The third-order valence-electron chi connectivity index (χ3n) is 2.38. The lowest BCUT2D eigenvalue weighted by Gasteiger charge is -2.30. The molecule has 15 heavy (non-hydrogen) atoms. The largest absolute Gasteiger partial charge is 0.335 e. The van der Waals surface area contributed by atoms with Gasteiger partial charge in [0.2, 0.25) is 0 Å². The maximum Gasteiger partial charge on any atom is 0.333 e. The van der Waals surface area contributed by atoms with Gasteiger partial charge < -0.3 is 5.32 Å². The molecule has 0 atom stereocenters. The van der Waals surface area contributed by atoms with Crippen LogP contribution >= 0.6 is 0 Å². The van der Waals surface area contributed by atoms with Crippen LogP contribution < -0.4 is 15.8 Å². The van der Waals surface area contributed by atoms with Gasteiger partial charge in [-0.25, -0.2) is 10.2 Å². The normalized spacial score (nSPS) is 15.9. The molecule has 0 unspecified atom stereocenters. The van der Waals surface area contributed by atoms with Gasteiger partial charge in [0.25, 0.3) is 0 Å². The fraction of sp³-hybridized carbons (Fsp3) is 0.364. The maximum atomic E-state index is 11.2. The van der Waals surface area contributed by atoms with Gasteiger partial charge in [0.15, 0.2) is 0 Å². The molecule has 0 saturated carbocycles. The van der Waals surface area contributed by atoms with E-state index in [1.54, 1.807) is 0 Å². The second kappa shape index (κ2) is 3.81. The van der Waals surface area contributed by atoms with E-state index in [-0.39, 0.29) is 6.03 Å². The third-order valence-corrected chi connectivity index (χ3v) is 2.38. The summed E-state index contributed by atoms with van der Waals surface area (Å²) in [6.07, 6.45) is 0. The zero-order valence-corrected chi connectivity index (χ0v) is 9.00. The van der Waals surface area contributed by atoms with Gasteiger partial charge in [-0.05, 0) is 37.1 Å². The molecule has 1 aliphatic heterocycles. The van der Waals surface area contributed by atoms with Crippen molar-refractivity contribution in [2.45, 2.75) is 13.8 Å². The molecule has 2 rings (SSSR count). The standard InChI is InChI=1S/C11H15N3O/c1-8-5-9(2)7-10(6-8)14-4-3-12-11(15)13-14/h5-7H,3-4H2,1-2H3,(H2,12,13,15). The van der Waals surface area contributed by atoms with E-state index in [4.69, 9.17) is 0 Å². The highest BCUT2D eigenvalue weighted by molar-refractivity contribution is 5.77. The third kappa shape index (κ3) is 2.21. The molecule has 1 saturated heterocycles. The lowest BCUT2D eigenvalue weighted by atomic mass is 10.1. The first-order chi connectivity index (χ1) is 7.15. The number of carbonyl (C=O) groups excluding carboxylic acids is 1. The molecule has 0 spiro atoms. The molecular formula is C11H15N3O. The Morgan fingerprint density at radius 1 is 1.20 bits per heavy atom. The molecule has 1 fully saturated rings. The van der Waals surface area contributed by atoms with Gasteiger partial charge in [-0.3, -0.25) is 5.01 Å². The Labute approximate surface area is 89.2 Å². The lowest BCUT2D eigenvalue weighted by molar-refractivity contribution is 0.236. The molecule has 4 nitrogen and oxygen atoms in total. The molecule has 0 bridgehead atoms. The van der Waals surface area contributed by atoms with Crippen molar-refractivity contribution in [2.75, 3.05) is 18.1 Å². The van der Waals surface area contributed by atoms with Crippen molar-refractivity contribution >= 4 is 11.7 Å². The molecule has 4 heteroatoms. The highest BCUT2D eigenvalue weighted by atomic mass is 16.2. The molecule has 1 aliphatic rings. The van der Waals surface area contributed by atoms with E-state index < -0.39 is 0 Å². The van der Waals surface area contributed by atoms with Gasteiger partial charge >= 0.3 is 6.03 Å². The van der Waals surface area contributed by atoms with E-state index in [0.29, 0.717) is 6.54 Å². The minimum Gasteiger partial charge on any atom is -0.335 e. The number of carbonyl (C=O) groups is 1. The molecule has 1 heterocycles. The van der Waals surface area contributed by atoms with Crippen molar-refractivity contribution in [2.24, 2.45) is 0 Å². The lowest BCUT2D eigenvalue weighted by Crippen LogP contribution is -2.56. The van der Waals surface area contributed by atoms with Gasteiger partial charge in [0.1, 0.15) is 0 Å². The van der Waals surface area contributed by atoms with Crippen molar-refractivity contribution < 1.29 is 4.79 Å². The predicted molar refractivity (Wildman–Crippen MR) is 59.8 cm³/mol. The number of benzene rings is 1. The monoisotopic (exact) mass is 205 g/mol. The zero-order chi connectivity index (χ0) is 10.8. The van der Waals surface area contributed by atoms with Gasteiger partial charge in [0.05, 0.1) is 12.2 Å². The number of urea groups is 1.